The third-order valence-corrected chi connectivity index (χ3v) is 4.48. The van der Waals surface area contributed by atoms with Crippen LogP contribution >= 0.6 is 23.2 Å². The molecular formula is C20H23Cl2N3O. The van der Waals surface area contributed by atoms with Gasteiger partial charge in [0.05, 0.1) is 22.8 Å². The van der Waals surface area contributed by atoms with Crippen molar-refractivity contribution in [1.29, 1.82) is 0 Å². The van der Waals surface area contributed by atoms with E-state index in [2.05, 4.69) is 16.9 Å². The van der Waals surface area contributed by atoms with Crippen molar-refractivity contribution >= 4 is 40.9 Å². The zero-order chi connectivity index (χ0) is 19.1. The van der Waals surface area contributed by atoms with Gasteiger partial charge in [-0.15, -0.1) is 0 Å². The van der Waals surface area contributed by atoms with Crippen molar-refractivity contribution in [3.05, 3.63) is 57.6 Å². The van der Waals surface area contributed by atoms with Crippen molar-refractivity contribution in [2.45, 2.75) is 13.8 Å². The minimum atomic E-state index is 0.329. The quantitative estimate of drug-likeness (QED) is 0.467. The number of aryl methyl sites for hydroxylation is 1. The highest BCUT2D eigenvalue weighted by Crippen LogP contribution is 2.29. The maximum atomic E-state index is 6.42. The Morgan fingerprint density at radius 3 is 2.65 bits per heavy atom. The Hall–Kier alpha value is -2.04. The van der Waals surface area contributed by atoms with Crippen molar-refractivity contribution in [1.82, 2.24) is 4.90 Å². The summed E-state index contributed by atoms with van der Waals surface area (Å²) in [5.74, 6) is 0.700. The van der Waals surface area contributed by atoms with Crippen LogP contribution in [0.3, 0.4) is 0 Å². The van der Waals surface area contributed by atoms with Gasteiger partial charge < -0.3 is 9.64 Å². The van der Waals surface area contributed by atoms with Crippen molar-refractivity contribution in [3.63, 3.8) is 0 Å². The second-order valence-electron chi connectivity index (χ2n) is 5.85. The van der Waals surface area contributed by atoms with Crippen LogP contribution in [0.25, 0.3) is 0 Å². The third-order valence-electron chi connectivity index (χ3n) is 3.94. The third kappa shape index (κ3) is 5.48. The van der Waals surface area contributed by atoms with Gasteiger partial charge in [0, 0.05) is 31.2 Å². The minimum absolute atomic E-state index is 0.329. The summed E-state index contributed by atoms with van der Waals surface area (Å²) < 4.78 is 5.82. The van der Waals surface area contributed by atoms with Gasteiger partial charge in [-0.2, -0.15) is 0 Å². The molecule has 0 heterocycles. The Labute approximate surface area is 165 Å². The Balaban J connectivity index is 2.20. The molecule has 26 heavy (non-hydrogen) atoms. The molecule has 0 aliphatic carbocycles. The van der Waals surface area contributed by atoms with E-state index in [1.807, 2.05) is 49.2 Å². The summed E-state index contributed by atoms with van der Waals surface area (Å²) in [4.78, 5) is 10.8. The number of hydrogen-bond acceptors (Lipinski definition) is 3. The monoisotopic (exact) mass is 391 g/mol. The van der Waals surface area contributed by atoms with E-state index in [1.54, 1.807) is 19.5 Å². The Kier molecular flexibility index (Phi) is 7.49. The second-order valence-corrected chi connectivity index (χ2v) is 6.70. The molecule has 0 bridgehead atoms. The lowest BCUT2D eigenvalue weighted by atomic mass is 10.0. The van der Waals surface area contributed by atoms with Crippen LogP contribution in [0.15, 0.2) is 46.4 Å². The molecule has 0 aliphatic rings. The number of ether oxygens (including phenoxy) is 1. The van der Waals surface area contributed by atoms with Crippen molar-refractivity contribution in [3.8, 4) is 5.75 Å². The number of nitrogens with zero attached hydrogens (tertiary/aromatic N) is 3. The fourth-order valence-corrected chi connectivity index (χ4v) is 2.68. The van der Waals surface area contributed by atoms with Gasteiger partial charge in [-0.25, -0.2) is 4.99 Å². The summed E-state index contributed by atoms with van der Waals surface area (Å²) >= 11 is 12.4. The van der Waals surface area contributed by atoms with Crippen LogP contribution < -0.4 is 4.74 Å². The van der Waals surface area contributed by atoms with E-state index in [0.717, 1.165) is 29.1 Å². The number of halogens is 2. The molecule has 2 aromatic rings. The van der Waals surface area contributed by atoms with Gasteiger partial charge in [-0.3, -0.25) is 4.99 Å². The van der Waals surface area contributed by atoms with Gasteiger partial charge in [0.25, 0.3) is 0 Å². The molecule has 0 aromatic heterocycles. The van der Waals surface area contributed by atoms with Gasteiger partial charge in [-0.1, -0.05) is 29.3 Å². The highest BCUT2D eigenvalue weighted by molar-refractivity contribution is 6.33. The summed E-state index contributed by atoms with van der Waals surface area (Å²) in [7, 11) is 3.71. The molecule has 0 fully saturated rings. The van der Waals surface area contributed by atoms with Crippen LogP contribution in [0.1, 0.15) is 18.1 Å². The second kappa shape index (κ2) is 9.60. The average molecular weight is 392 g/mol. The minimum Gasteiger partial charge on any atom is -0.487 e. The van der Waals surface area contributed by atoms with Gasteiger partial charge in [0.15, 0.2) is 0 Å². The van der Waals surface area contributed by atoms with E-state index in [0.29, 0.717) is 22.4 Å². The molecule has 0 saturated carbocycles. The number of hydrogen-bond donors (Lipinski definition) is 0. The lowest BCUT2D eigenvalue weighted by molar-refractivity contribution is 0.377. The normalized spacial score (nSPS) is 11.8. The van der Waals surface area contributed by atoms with E-state index in [9.17, 15) is 0 Å². The van der Waals surface area contributed by atoms with Gasteiger partial charge in [0.2, 0.25) is 0 Å². The van der Waals surface area contributed by atoms with Crippen LogP contribution in [-0.2, 0) is 0 Å². The SMILES string of the molecule is CCN(C)/C=N\c1cc(C)c(/C(COc2cccc(Cl)c2)=N/C)cc1Cl. The maximum absolute atomic E-state index is 6.42. The van der Waals surface area contributed by atoms with Gasteiger partial charge in [-0.05, 0) is 49.7 Å². The molecular weight excluding hydrogens is 369 g/mol. The number of benzene rings is 2. The number of rotatable bonds is 7. The van der Waals surface area contributed by atoms with E-state index in [1.165, 1.54) is 0 Å². The van der Waals surface area contributed by atoms with Crippen LogP contribution in [0, 0.1) is 6.92 Å². The molecule has 2 rings (SSSR count). The van der Waals surface area contributed by atoms with Crippen molar-refractivity contribution < 1.29 is 4.74 Å². The summed E-state index contributed by atoms with van der Waals surface area (Å²) in [5.41, 5.74) is 3.53. The molecule has 0 N–H and O–H groups in total. The van der Waals surface area contributed by atoms with Crippen LogP contribution in [0.4, 0.5) is 5.69 Å². The Morgan fingerprint density at radius 1 is 1.23 bits per heavy atom. The molecule has 138 valence electrons. The summed E-state index contributed by atoms with van der Waals surface area (Å²) in [6.07, 6.45) is 1.78. The predicted octanol–water partition coefficient (Wildman–Crippen LogP) is 5.41. The average Bonchev–Trinajstić information content (AvgIpc) is 2.63. The molecule has 2 aromatic carbocycles. The lowest BCUT2D eigenvalue weighted by Gasteiger charge is -2.13. The fraction of sp³-hybridized carbons (Fsp3) is 0.300. The van der Waals surface area contributed by atoms with E-state index < -0.39 is 0 Å². The van der Waals surface area contributed by atoms with Crippen molar-refractivity contribution in [2.75, 3.05) is 27.2 Å². The number of aliphatic imine (C=N–C) groups is 2. The lowest BCUT2D eigenvalue weighted by Crippen LogP contribution is -2.15. The first kappa shape index (κ1) is 20.3. The van der Waals surface area contributed by atoms with Crippen LogP contribution in [0.2, 0.25) is 10.0 Å². The molecule has 6 heteroatoms. The summed E-state index contributed by atoms with van der Waals surface area (Å²) in [6, 6.07) is 11.1. The molecule has 0 saturated heterocycles. The highest BCUT2D eigenvalue weighted by Gasteiger charge is 2.12. The zero-order valence-corrected chi connectivity index (χ0v) is 17.0. The zero-order valence-electron chi connectivity index (χ0n) is 15.5. The molecule has 0 atom stereocenters. The van der Waals surface area contributed by atoms with Gasteiger partial charge >= 0.3 is 0 Å². The van der Waals surface area contributed by atoms with Crippen LogP contribution in [-0.4, -0.2) is 44.2 Å². The molecule has 0 aliphatic heterocycles. The smallest absolute Gasteiger partial charge is 0.130 e. The fourth-order valence-electron chi connectivity index (χ4n) is 2.29. The molecule has 0 radical (unpaired) electrons. The van der Waals surface area contributed by atoms with Crippen molar-refractivity contribution in [2.24, 2.45) is 9.98 Å². The molecule has 0 amide bonds. The Bertz CT molecular complexity index is 819. The molecule has 0 spiro atoms. The largest absolute Gasteiger partial charge is 0.487 e. The topological polar surface area (TPSA) is 37.2 Å². The molecule has 4 nitrogen and oxygen atoms in total. The molecule has 0 unspecified atom stereocenters. The van der Waals surface area contributed by atoms with E-state index in [-0.39, 0.29) is 0 Å². The maximum Gasteiger partial charge on any atom is 0.130 e. The highest BCUT2D eigenvalue weighted by atomic mass is 35.5. The van der Waals surface area contributed by atoms with Crippen LogP contribution in [0.5, 0.6) is 5.75 Å². The van der Waals surface area contributed by atoms with E-state index >= 15 is 0 Å². The Morgan fingerprint density at radius 2 is 2.00 bits per heavy atom. The van der Waals surface area contributed by atoms with Gasteiger partial charge in [0.1, 0.15) is 12.4 Å². The summed E-state index contributed by atoms with van der Waals surface area (Å²) in [5, 5.41) is 1.21. The first-order valence-corrected chi connectivity index (χ1v) is 9.09. The van der Waals surface area contributed by atoms with E-state index in [4.69, 9.17) is 27.9 Å². The standard InChI is InChI=1S/C20H23Cl2N3O/c1-5-25(4)13-24-19-9-14(2)17(11-18(19)22)20(23-3)12-26-16-8-6-7-15(21)10-16/h6-11,13H,5,12H2,1-4H3/b23-20+,24-13-. The first-order chi connectivity index (χ1) is 12.4. The first-order valence-electron chi connectivity index (χ1n) is 8.33. The predicted molar refractivity (Wildman–Crippen MR) is 112 cm³/mol. The summed E-state index contributed by atoms with van der Waals surface area (Å²) in [6.45, 7) is 5.28.